The lowest BCUT2D eigenvalue weighted by molar-refractivity contribution is 0.0699. The molecule has 0 aliphatic carbocycles. The number of rotatable bonds is 1. The highest BCUT2D eigenvalue weighted by Crippen LogP contribution is 2.11. The fraction of sp³-hybridized carbons (Fsp3) is 0. The molecule has 0 saturated carbocycles. The van der Waals surface area contributed by atoms with Gasteiger partial charge < -0.3 is 5.11 Å². The van der Waals surface area contributed by atoms with Gasteiger partial charge >= 0.3 is 5.97 Å². The molecular weight excluding hydrogens is 194 g/mol. The van der Waals surface area contributed by atoms with Crippen LogP contribution in [0.1, 0.15) is 10.4 Å². The van der Waals surface area contributed by atoms with Gasteiger partial charge in [0.1, 0.15) is 0 Å². The van der Waals surface area contributed by atoms with E-state index in [1.165, 1.54) is 23.0 Å². The fourth-order valence-electron chi connectivity index (χ4n) is 1.06. The number of hydrogen-bond donors (Lipinski definition) is 1. The molecule has 0 aliphatic rings. The van der Waals surface area contributed by atoms with Gasteiger partial charge in [-0.25, -0.2) is 14.3 Å². The van der Waals surface area contributed by atoms with Crippen molar-refractivity contribution in [1.82, 2.24) is 14.6 Å². The Morgan fingerprint density at radius 1 is 1.62 bits per heavy atom. The molecule has 1 N–H and O–H groups in total. The Bertz CT molecular complexity index is 480. The first-order valence-electron chi connectivity index (χ1n) is 3.41. The first kappa shape index (κ1) is 8.00. The number of carboxylic acids is 1. The minimum Gasteiger partial charge on any atom is -0.478 e. The van der Waals surface area contributed by atoms with Crippen LogP contribution in [-0.2, 0) is 0 Å². The molecule has 66 valence electrons. The number of carbonyl (C=O) groups is 1. The van der Waals surface area contributed by atoms with Crippen molar-refractivity contribution in [1.29, 1.82) is 0 Å². The van der Waals surface area contributed by atoms with E-state index in [0.29, 0.717) is 5.52 Å². The van der Waals surface area contributed by atoms with E-state index in [1.807, 2.05) is 0 Å². The van der Waals surface area contributed by atoms with Gasteiger partial charge in [0, 0.05) is 6.20 Å². The second-order valence-electron chi connectivity index (χ2n) is 2.39. The molecule has 0 saturated heterocycles. The summed E-state index contributed by atoms with van der Waals surface area (Å²) in [6, 6.07) is 1.45. The Kier molecular flexibility index (Phi) is 1.66. The van der Waals surface area contributed by atoms with Gasteiger partial charge in [0.05, 0.1) is 17.3 Å². The maximum absolute atomic E-state index is 10.7. The summed E-state index contributed by atoms with van der Waals surface area (Å²) < 4.78 is 1.37. The topological polar surface area (TPSA) is 67.5 Å². The van der Waals surface area contributed by atoms with E-state index in [0.717, 1.165) is 0 Å². The van der Waals surface area contributed by atoms with Crippen LogP contribution in [0.3, 0.4) is 0 Å². The van der Waals surface area contributed by atoms with Crippen LogP contribution in [0.4, 0.5) is 0 Å². The van der Waals surface area contributed by atoms with Crippen LogP contribution in [0.15, 0.2) is 18.5 Å². The van der Waals surface area contributed by atoms with Crippen molar-refractivity contribution in [2.45, 2.75) is 0 Å². The number of halogens is 1. The van der Waals surface area contributed by atoms with Crippen LogP contribution < -0.4 is 0 Å². The number of carboxylic acid groups (broad SMARTS) is 1. The van der Waals surface area contributed by atoms with Gasteiger partial charge in [-0.15, -0.1) is 5.10 Å². The summed E-state index contributed by atoms with van der Waals surface area (Å²) in [5.74, 6) is -1.01. The van der Waals surface area contributed by atoms with Crippen molar-refractivity contribution in [2.24, 2.45) is 0 Å². The average Bonchev–Trinajstić information content (AvgIpc) is 2.46. The van der Waals surface area contributed by atoms with E-state index < -0.39 is 5.97 Å². The van der Waals surface area contributed by atoms with E-state index in [4.69, 9.17) is 16.7 Å². The van der Waals surface area contributed by atoms with E-state index in [9.17, 15) is 4.79 Å². The lowest BCUT2D eigenvalue weighted by Gasteiger charge is -1.93. The average molecular weight is 198 g/mol. The molecule has 2 heterocycles. The van der Waals surface area contributed by atoms with Crippen molar-refractivity contribution in [2.75, 3.05) is 0 Å². The maximum Gasteiger partial charge on any atom is 0.338 e. The predicted molar refractivity (Wildman–Crippen MR) is 45.0 cm³/mol. The second kappa shape index (κ2) is 2.70. The lowest BCUT2D eigenvalue weighted by atomic mass is 10.3. The Morgan fingerprint density at radius 2 is 2.38 bits per heavy atom. The van der Waals surface area contributed by atoms with Crippen LogP contribution in [0, 0.1) is 0 Å². The number of hydrogen-bond acceptors (Lipinski definition) is 3. The zero-order valence-electron chi connectivity index (χ0n) is 6.31. The van der Waals surface area contributed by atoms with Crippen molar-refractivity contribution in [3.05, 3.63) is 29.3 Å². The molecule has 6 heteroatoms. The van der Waals surface area contributed by atoms with Crippen molar-refractivity contribution in [3.63, 3.8) is 0 Å². The molecule has 0 amide bonds. The van der Waals surface area contributed by atoms with Gasteiger partial charge in [-0.1, -0.05) is 0 Å². The Morgan fingerprint density at radius 3 is 3.08 bits per heavy atom. The van der Waals surface area contributed by atoms with E-state index in [2.05, 4.69) is 10.1 Å². The molecule has 0 bridgehead atoms. The van der Waals surface area contributed by atoms with E-state index >= 15 is 0 Å². The van der Waals surface area contributed by atoms with Crippen LogP contribution in [0.2, 0.25) is 5.28 Å². The molecule has 0 spiro atoms. The first-order valence-corrected chi connectivity index (χ1v) is 3.79. The third-order valence-corrected chi connectivity index (χ3v) is 1.79. The Labute approximate surface area is 77.6 Å². The summed E-state index contributed by atoms with van der Waals surface area (Å²) in [7, 11) is 0. The minimum absolute atomic E-state index is 0.0834. The molecule has 0 radical (unpaired) electrons. The highest BCUT2D eigenvalue weighted by Gasteiger charge is 2.10. The summed E-state index contributed by atoms with van der Waals surface area (Å²) >= 11 is 5.52. The van der Waals surface area contributed by atoms with E-state index in [1.54, 1.807) is 0 Å². The Hall–Kier alpha value is -1.62. The van der Waals surface area contributed by atoms with E-state index in [-0.39, 0.29) is 10.8 Å². The fourth-order valence-corrected chi connectivity index (χ4v) is 1.19. The number of fused-ring (bicyclic) bond motifs is 1. The molecule has 2 aromatic rings. The van der Waals surface area contributed by atoms with Gasteiger partial charge in [-0.2, -0.15) is 0 Å². The molecule has 0 unspecified atom stereocenters. The molecule has 13 heavy (non-hydrogen) atoms. The second-order valence-corrected chi connectivity index (χ2v) is 2.73. The summed E-state index contributed by atoms with van der Waals surface area (Å²) in [6.45, 7) is 0. The molecule has 0 aliphatic heterocycles. The third-order valence-electron chi connectivity index (χ3n) is 1.62. The van der Waals surface area contributed by atoms with Crippen molar-refractivity contribution >= 4 is 23.1 Å². The first-order chi connectivity index (χ1) is 6.18. The predicted octanol–water partition coefficient (Wildman–Crippen LogP) is 1.08. The molecule has 0 atom stereocenters. The zero-order valence-corrected chi connectivity index (χ0v) is 7.06. The maximum atomic E-state index is 10.7. The van der Waals surface area contributed by atoms with Crippen LogP contribution >= 0.6 is 11.6 Å². The summed E-state index contributed by atoms with van der Waals surface area (Å²) in [6.07, 6.45) is 2.89. The standard InChI is InChI=1S/C7H4ClN3O2/c8-7-9-3-5-4(6(12)13)1-2-11(5)10-7/h1-3H,(H,12,13). The minimum atomic E-state index is -1.01. The smallest absolute Gasteiger partial charge is 0.338 e. The summed E-state index contributed by atoms with van der Waals surface area (Å²) in [5, 5.41) is 12.6. The van der Waals surface area contributed by atoms with Crippen molar-refractivity contribution < 1.29 is 9.90 Å². The quantitative estimate of drug-likeness (QED) is 0.743. The van der Waals surface area contributed by atoms with Gasteiger partial charge in [0.15, 0.2) is 0 Å². The largest absolute Gasteiger partial charge is 0.478 e. The molecule has 2 aromatic heterocycles. The van der Waals surface area contributed by atoms with Crippen molar-refractivity contribution in [3.8, 4) is 0 Å². The highest BCUT2D eigenvalue weighted by atomic mass is 35.5. The Balaban J connectivity index is 2.76. The number of nitrogens with zero attached hydrogens (tertiary/aromatic N) is 3. The molecule has 0 aromatic carbocycles. The van der Waals surface area contributed by atoms with Crippen LogP contribution in [0.25, 0.3) is 5.52 Å². The van der Waals surface area contributed by atoms with Crippen LogP contribution in [0.5, 0.6) is 0 Å². The summed E-state index contributed by atoms with van der Waals surface area (Å²) in [4.78, 5) is 14.4. The molecule has 2 rings (SSSR count). The molecule has 0 fully saturated rings. The van der Waals surface area contributed by atoms with Gasteiger partial charge in [0.2, 0.25) is 5.28 Å². The van der Waals surface area contributed by atoms with Gasteiger partial charge in [-0.05, 0) is 17.7 Å². The number of aromatic carboxylic acids is 1. The van der Waals surface area contributed by atoms with Gasteiger partial charge in [0.25, 0.3) is 0 Å². The number of aromatic nitrogens is 3. The molecule has 5 nitrogen and oxygen atoms in total. The third kappa shape index (κ3) is 1.23. The monoisotopic (exact) mass is 197 g/mol. The zero-order chi connectivity index (χ0) is 9.42. The van der Waals surface area contributed by atoms with Gasteiger partial charge in [-0.3, -0.25) is 0 Å². The lowest BCUT2D eigenvalue weighted by Crippen LogP contribution is -1.98. The highest BCUT2D eigenvalue weighted by molar-refractivity contribution is 6.28. The summed E-state index contributed by atoms with van der Waals surface area (Å²) in [5.41, 5.74) is 0.591. The van der Waals surface area contributed by atoms with Crippen LogP contribution in [-0.4, -0.2) is 25.7 Å². The SMILES string of the molecule is O=C(O)c1ccn2nc(Cl)ncc12. The molecular formula is C7H4ClN3O2. The normalized spacial score (nSPS) is 10.5.